The molecular formula is C14H20N4O2. The molecule has 0 saturated heterocycles. The summed E-state index contributed by atoms with van der Waals surface area (Å²) in [6.07, 6.45) is 1.85. The lowest BCUT2D eigenvalue weighted by molar-refractivity contribution is 0.396. The molecular weight excluding hydrogens is 256 g/mol. The SMILES string of the molecule is COc1ccc(OC)c(Cn2cc(C(C)(C)N)nn2)c1. The van der Waals surface area contributed by atoms with E-state index in [-0.39, 0.29) is 0 Å². The molecule has 0 saturated carbocycles. The number of hydrogen-bond acceptors (Lipinski definition) is 5. The standard InChI is InChI=1S/C14H20N4O2/c1-14(2,15)13-9-18(17-16-13)8-10-7-11(19-3)5-6-12(10)20-4/h5-7,9H,8,15H2,1-4H3. The Morgan fingerprint density at radius 2 is 2.00 bits per heavy atom. The van der Waals surface area contributed by atoms with Gasteiger partial charge in [-0.3, -0.25) is 0 Å². The molecule has 0 bridgehead atoms. The van der Waals surface area contributed by atoms with Crippen molar-refractivity contribution in [1.29, 1.82) is 0 Å². The average molecular weight is 276 g/mol. The van der Waals surface area contributed by atoms with Crippen LogP contribution in [0.3, 0.4) is 0 Å². The summed E-state index contributed by atoms with van der Waals surface area (Å²) in [5, 5.41) is 8.20. The number of methoxy groups -OCH3 is 2. The summed E-state index contributed by atoms with van der Waals surface area (Å²) in [5.41, 5.74) is 7.22. The highest BCUT2D eigenvalue weighted by molar-refractivity contribution is 5.40. The highest BCUT2D eigenvalue weighted by Crippen LogP contribution is 2.25. The number of nitrogens with two attached hydrogens (primary N) is 1. The largest absolute Gasteiger partial charge is 0.497 e. The summed E-state index contributed by atoms with van der Waals surface area (Å²) < 4.78 is 12.3. The van der Waals surface area contributed by atoms with Crippen molar-refractivity contribution >= 4 is 0 Å². The van der Waals surface area contributed by atoms with Gasteiger partial charge in [0, 0.05) is 5.56 Å². The predicted molar refractivity (Wildman–Crippen MR) is 75.9 cm³/mol. The van der Waals surface area contributed by atoms with E-state index in [1.165, 1.54) is 0 Å². The molecule has 2 N–H and O–H groups in total. The molecule has 0 radical (unpaired) electrons. The number of hydrogen-bond donors (Lipinski definition) is 1. The van der Waals surface area contributed by atoms with Crippen LogP contribution in [-0.2, 0) is 12.1 Å². The second-order valence-electron chi connectivity index (χ2n) is 5.20. The van der Waals surface area contributed by atoms with Crippen LogP contribution in [0.5, 0.6) is 11.5 Å². The summed E-state index contributed by atoms with van der Waals surface area (Å²) in [5.74, 6) is 1.56. The highest BCUT2D eigenvalue weighted by atomic mass is 16.5. The summed E-state index contributed by atoms with van der Waals surface area (Å²) in [6.45, 7) is 4.34. The number of aromatic nitrogens is 3. The van der Waals surface area contributed by atoms with Gasteiger partial charge in [-0.15, -0.1) is 5.10 Å². The van der Waals surface area contributed by atoms with Crippen LogP contribution in [-0.4, -0.2) is 29.2 Å². The monoisotopic (exact) mass is 276 g/mol. The molecule has 0 aliphatic heterocycles. The van der Waals surface area contributed by atoms with Crippen LogP contribution in [0.4, 0.5) is 0 Å². The van der Waals surface area contributed by atoms with E-state index in [0.29, 0.717) is 6.54 Å². The minimum atomic E-state index is -0.503. The Balaban J connectivity index is 2.27. The molecule has 0 amide bonds. The van der Waals surface area contributed by atoms with E-state index in [2.05, 4.69) is 10.3 Å². The number of ether oxygens (including phenoxy) is 2. The van der Waals surface area contributed by atoms with Gasteiger partial charge in [0.2, 0.25) is 0 Å². The van der Waals surface area contributed by atoms with Crippen molar-refractivity contribution in [1.82, 2.24) is 15.0 Å². The van der Waals surface area contributed by atoms with Crippen LogP contribution in [0.2, 0.25) is 0 Å². The molecule has 0 fully saturated rings. The van der Waals surface area contributed by atoms with Gasteiger partial charge in [-0.1, -0.05) is 5.21 Å². The third-order valence-corrected chi connectivity index (χ3v) is 3.02. The van der Waals surface area contributed by atoms with E-state index >= 15 is 0 Å². The van der Waals surface area contributed by atoms with Gasteiger partial charge in [-0.25, -0.2) is 4.68 Å². The summed E-state index contributed by atoms with van der Waals surface area (Å²) in [6, 6.07) is 5.66. The minimum absolute atomic E-state index is 0.503. The molecule has 20 heavy (non-hydrogen) atoms. The first-order valence-electron chi connectivity index (χ1n) is 6.34. The van der Waals surface area contributed by atoms with Gasteiger partial charge >= 0.3 is 0 Å². The Morgan fingerprint density at radius 1 is 1.25 bits per heavy atom. The third kappa shape index (κ3) is 3.08. The second kappa shape index (κ2) is 5.50. The van der Waals surface area contributed by atoms with E-state index in [1.807, 2.05) is 38.2 Å². The molecule has 6 heteroatoms. The van der Waals surface area contributed by atoms with Gasteiger partial charge in [0.1, 0.15) is 17.2 Å². The van der Waals surface area contributed by atoms with E-state index in [1.54, 1.807) is 18.9 Å². The molecule has 0 aliphatic rings. The van der Waals surface area contributed by atoms with E-state index in [9.17, 15) is 0 Å². The number of rotatable bonds is 5. The van der Waals surface area contributed by atoms with E-state index in [0.717, 1.165) is 22.8 Å². The fraction of sp³-hybridized carbons (Fsp3) is 0.429. The van der Waals surface area contributed by atoms with Crippen molar-refractivity contribution in [3.8, 4) is 11.5 Å². The fourth-order valence-electron chi connectivity index (χ4n) is 1.85. The van der Waals surface area contributed by atoms with Crippen molar-refractivity contribution in [2.45, 2.75) is 25.9 Å². The van der Waals surface area contributed by atoms with Crippen molar-refractivity contribution in [2.24, 2.45) is 5.73 Å². The van der Waals surface area contributed by atoms with Crippen LogP contribution in [0, 0.1) is 0 Å². The van der Waals surface area contributed by atoms with Crippen molar-refractivity contribution in [3.05, 3.63) is 35.7 Å². The number of nitrogens with zero attached hydrogens (tertiary/aromatic N) is 3. The molecule has 0 spiro atoms. The Bertz CT molecular complexity index is 587. The van der Waals surface area contributed by atoms with Crippen LogP contribution in [0.25, 0.3) is 0 Å². The minimum Gasteiger partial charge on any atom is -0.497 e. The van der Waals surface area contributed by atoms with Gasteiger partial charge in [0.15, 0.2) is 0 Å². The van der Waals surface area contributed by atoms with Crippen LogP contribution in [0.15, 0.2) is 24.4 Å². The summed E-state index contributed by atoms with van der Waals surface area (Å²) in [4.78, 5) is 0. The molecule has 2 aromatic rings. The van der Waals surface area contributed by atoms with Gasteiger partial charge in [-0.2, -0.15) is 0 Å². The van der Waals surface area contributed by atoms with Crippen molar-refractivity contribution in [3.63, 3.8) is 0 Å². The molecule has 0 atom stereocenters. The highest BCUT2D eigenvalue weighted by Gasteiger charge is 2.18. The molecule has 1 aromatic carbocycles. The molecule has 0 unspecified atom stereocenters. The first kappa shape index (κ1) is 14.3. The topological polar surface area (TPSA) is 75.2 Å². The lowest BCUT2D eigenvalue weighted by atomic mass is 10.0. The van der Waals surface area contributed by atoms with Crippen LogP contribution < -0.4 is 15.2 Å². The Kier molecular flexibility index (Phi) is 3.94. The third-order valence-electron chi connectivity index (χ3n) is 3.02. The van der Waals surface area contributed by atoms with Gasteiger partial charge in [0.25, 0.3) is 0 Å². The van der Waals surface area contributed by atoms with Crippen molar-refractivity contribution < 1.29 is 9.47 Å². The van der Waals surface area contributed by atoms with Gasteiger partial charge < -0.3 is 15.2 Å². The molecule has 108 valence electrons. The normalized spacial score (nSPS) is 11.4. The molecule has 2 rings (SSSR count). The maximum atomic E-state index is 6.00. The average Bonchev–Trinajstić information content (AvgIpc) is 2.87. The lowest BCUT2D eigenvalue weighted by Crippen LogP contribution is -2.29. The zero-order valence-corrected chi connectivity index (χ0v) is 12.3. The van der Waals surface area contributed by atoms with Gasteiger partial charge in [-0.05, 0) is 32.0 Å². The van der Waals surface area contributed by atoms with Crippen LogP contribution in [0.1, 0.15) is 25.1 Å². The second-order valence-corrected chi connectivity index (χ2v) is 5.20. The van der Waals surface area contributed by atoms with Crippen LogP contribution >= 0.6 is 0 Å². The molecule has 1 heterocycles. The van der Waals surface area contributed by atoms with Gasteiger partial charge in [0.05, 0.1) is 32.5 Å². The first-order valence-corrected chi connectivity index (χ1v) is 6.34. The quantitative estimate of drug-likeness (QED) is 0.896. The van der Waals surface area contributed by atoms with Crippen molar-refractivity contribution in [2.75, 3.05) is 14.2 Å². The zero-order valence-electron chi connectivity index (χ0n) is 12.3. The molecule has 1 aromatic heterocycles. The summed E-state index contributed by atoms with van der Waals surface area (Å²) in [7, 11) is 3.27. The summed E-state index contributed by atoms with van der Waals surface area (Å²) >= 11 is 0. The Hall–Kier alpha value is -2.08. The Morgan fingerprint density at radius 3 is 2.55 bits per heavy atom. The van der Waals surface area contributed by atoms with E-state index < -0.39 is 5.54 Å². The van der Waals surface area contributed by atoms with E-state index in [4.69, 9.17) is 15.2 Å². The molecule has 6 nitrogen and oxygen atoms in total. The fourth-order valence-corrected chi connectivity index (χ4v) is 1.85. The smallest absolute Gasteiger partial charge is 0.124 e. The predicted octanol–water partition coefficient (Wildman–Crippen LogP) is 1.54. The Labute approximate surface area is 118 Å². The number of benzene rings is 1. The lowest BCUT2D eigenvalue weighted by Gasteiger charge is -2.13. The molecule has 0 aliphatic carbocycles. The maximum absolute atomic E-state index is 6.00. The first-order chi connectivity index (χ1) is 9.44. The zero-order chi connectivity index (χ0) is 14.8. The maximum Gasteiger partial charge on any atom is 0.124 e.